The molecule has 1 aromatic carbocycles. The molecule has 0 radical (unpaired) electrons. The summed E-state index contributed by atoms with van der Waals surface area (Å²) in [6, 6.07) is 8.05. The Kier molecular flexibility index (Phi) is 3.71. The zero-order valence-electron chi connectivity index (χ0n) is 7.33. The summed E-state index contributed by atoms with van der Waals surface area (Å²) in [5.41, 5.74) is 2.11. The Hall–Kier alpha value is -1.08. The lowest BCUT2D eigenvalue weighted by atomic mass is 10.1. The van der Waals surface area contributed by atoms with Gasteiger partial charge < -0.3 is 0 Å². The van der Waals surface area contributed by atoms with Gasteiger partial charge in [-0.05, 0) is 23.3 Å². The Bertz CT molecular complexity index is 348. The number of benzene rings is 1. The average Bonchev–Trinajstić information content (AvgIpc) is 2.14. The van der Waals surface area contributed by atoms with E-state index in [4.69, 9.17) is 0 Å². The lowest BCUT2D eigenvalue weighted by Gasteiger charge is -1.99. The van der Waals surface area contributed by atoms with Crippen LogP contribution in [0.5, 0.6) is 0 Å². The van der Waals surface area contributed by atoms with Crippen molar-refractivity contribution in [2.45, 2.75) is 0 Å². The summed E-state index contributed by atoms with van der Waals surface area (Å²) in [4.78, 5) is 0. The van der Waals surface area contributed by atoms with Gasteiger partial charge in [-0.15, -0.1) is 0 Å². The lowest BCUT2D eigenvalue weighted by Crippen LogP contribution is -1.77. The van der Waals surface area contributed by atoms with Crippen LogP contribution >= 0.6 is 15.9 Å². The van der Waals surface area contributed by atoms with Crippen LogP contribution in [-0.2, 0) is 0 Å². The summed E-state index contributed by atoms with van der Waals surface area (Å²) in [5, 5.41) is 0. The van der Waals surface area contributed by atoms with Crippen molar-refractivity contribution in [2.24, 2.45) is 0 Å². The molecule has 1 aromatic rings. The van der Waals surface area contributed by atoms with Gasteiger partial charge in [0.25, 0.3) is 0 Å². The summed E-state index contributed by atoms with van der Waals surface area (Å²) >= 11 is 3.41. The SMILES string of the molecule is C=C/C=C\C(=C)c1cccc(Br)c1. The van der Waals surface area contributed by atoms with Crippen molar-refractivity contribution in [1.29, 1.82) is 0 Å². The highest BCUT2D eigenvalue weighted by Gasteiger charge is 1.94. The number of hydrogen-bond donors (Lipinski definition) is 0. The van der Waals surface area contributed by atoms with Crippen LogP contribution in [0.15, 0.2) is 60.1 Å². The average molecular weight is 235 g/mol. The molecule has 0 aliphatic rings. The molecule has 1 heteroatoms. The molecule has 0 aliphatic carbocycles. The van der Waals surface area contributed by atoms with E-state index in [1.165, 1.54) is 0 Å². The van der Waals surface area contributed by atoms with Gasteiger partial charge in [-0.25, -0.2) is 0 Å². The predicted octanol–water partition coefficient (Wildman–Crippen LogP) is 4.20. The zero-order valence-corrected chi connectivity index (χ0v) is 8.92. The van der Waals surface area contributed by atoms with Gasteiger partial charge in [-0.1, -0.05) is 59.4 Å². The van der Waals surface area contributed by atoms with Crippen LogP contribution in [0, 0.1) is 0 Å². The first kappa shape index (κ1) is 10.0. The number of rotatable bonds is 3. The molecule has 13 heavy (non-hydrogen) atoms. The molecular formula is C12H11Br. The molecule has 0 saturated heterocycles. The molecule has 0 atom stereocenters. The minimum absolute atomic E-state index is 0.987. The fourth-order valence-corrected chi connectivity index (χ4v) is 1.37. The van der Waals surface area contributed by atoms with Crippen LogP contribution in [-0.4, -0.2) is 0 Å². The molecule has 0 saturated carbocycles. The Labute approximate surface area is 87.4 Å². The van der Waals surface area contributed by atoms with Crippen LogP contribution in [0.25, 0.3) is 5.57 Å². The minimum atomic E-state index is 0.987. The van der Waals surface area contributed by atoms with Crippen molar-refractivity contribution < 1.29 is 0 Å². The zero-order chi connectivity index (χ0) is 9.68. The maximum absolute atomic E-state index is 3.95. The molecule has 1 rings (SSSR count). The number of halogens is 1. The predicted molar refractivity (Wildman–Crippen MR) is 62.5 cm³/mol. The fraction of sp³-hybridized carbons (Fsp3) is 0. The van der Waals surface area contributed by atoms with Crippen molar-refractivity contribution in [3.8, 4) is 0 Å². The topological polar surface area (TPSA) is 0 Å². The van der Waals surface area contributed by atoms with Crippen molar-refractivity contribution in [3.63, 3.8) is 0 Å². The summed E-state index contributed by atoms with van der Waals surface area (Å²) < 4.78 is 1.07. The van der Waals surface area contributed by atoms with Crippen LogP contribution in [0.4, 0.5) is 0 Å². The van der Waals surface area contributed by atoms with Crippen molar-refractivity contribution in [3.05, 3.63) is 65.7 Å². The van der Waals surface area contributed by atoms with Crippen LogP contribution < -0.4 is 0 Å². The van der Waals surface area contributed by atoms with E-state index in [1.807, 2.05) is 36.4 Å². The first-order chi connectivity index (χ1) is 6.24. The number of allylic oxidation sites excluding steroid dienone is 4. The van der Waals surface area contributed by atoms with E-state index in [0.29, 0.717) is 0 Å². The highest BCUT2D eigenvalue weighted by atomic mass is 79.9. The van der Waals surface area contributed by atoms with Gasteiger partial charge >= 0.3 is 0 Å². The first-order valence-electron chi connectivity index (χ1n) is 3.98. The summed E-state index contributed by atoms with van der Waals surface area (Å²) in [6.07, 6.45) is 5.56. The molecule has 0 fully saturated rings. The van der Waals surface area contributed by atoms with Gasteiger partial charge in [0.15, 0.2) is 0 Å². The van der Waals surface area contributed by atoms with Gasteiger partial charge in [0, 0.05) is 4.47 Å². The quantitative estimate of drug-likeness (QED) is 0.688. The maximum atomic E-state index is 3.95. The van der Waals surface area contributed by atoms with Crippen LogP contribution in [0.3, 0.4) is 0 Å². The van der Waals surface area contributed by atoms with E-state index in [0.717, 1.165) is 15.6 Å². The molecule has 0 unspecified atom stereocenters. The monoisotopic (exact) mass is 234 g/mol. The van der Waals surface area contributed by atoms with Crippen molar-refractivity contribution in [2.75, 3.05) is 0 Å². The van der Waals surface area contributed by atoms with E-state index in [-0.39, 0.29) is 0 Å². The second kappa shape index (κ2) is 4.83. The Balaban J connectivity index is 2.89. The third-order valence-electron chi connectivity index (χ3n) is 1.63. The molecule has 0 spiro atoms. The van der Waals surface area contributed by atoms with Crippen molar-refractivity contribution >= 4 is 21.5 Å². The summed E-state index contributed by atoms with van der Waals surface area (Å²) in [5.74, 6) is 0. The summed E-state index contributed by atoms with van der Waals surface area (Å²) in [7, 11) is 0. The molecule has 66 valence electrons. The van der Waals surface area contributed by atoms with Gasteiger partial charge in [0.2, 0.25) is 0 Å². The highest BCUT2D eigenvalue weighted by Crippen LogP contribution is 2.18. The molecular weight excluding hydrogens is 224 g/mol. The van der Waals surface area contributed by atoms with E-state index in [2.05, 4.69) is 29.1 Å². The van der Waals surface area contributed by atoms with Crippen LogP contribution in [0.1, 0.15) is 5.56 Å². The van der Waals surface area contributed by atoms with Gasteiger partial charge in [0.05, 0.1) is 0 Å². The lowest BCUT2D eigenvalue weighted by molar-refractivity contribution is 1.59. The highest BCUT2D eigenvalue weighted by molar-refractivity contribution is 9.10. The standard InChI is InChI=1S/C12H11Br/c1-3-4-6-10(2)11-7-5-8-12(13)9-11/h3-9H,1-2H2/b6-4-. The van der Waals surface area contributed by atoms with E-state index >= 15 is 0 Å². The molecule has 0 heterocycles. The second-order valence-electron chi connectivity index (χ2n) is 2.63. The third-order valence-corrected chi connectivity index (χ3v) is 2.12. The van der Waals surface area contributed by atoms with E-state index in [9.17, 15) is 0 Å². The molecule has 0 amide bonds. The van der Waals surface area contributed by atoms with Gasteiger partial charge in [-0.2, -0.15) is 0 Å². The minimum Gasteiger partial charge on any atom is -0.0991 e. The maximum Gasteiger partial charge on any atom is 0.0181 e. The largest absolute Gasteiger partial charge is 0.0991 e. The Morgan fingerprint density at radius 2 is 2.15 bits per heavy atom. The first-order valence-corrected chi connectivity index (χ1v) is 4.77. The second-order valence-corrected chi connectivity index (χ2v) is 3.55. The third kappa shape index (κ3) is 3.03. The van der Waals surface area contributed by atoms with Gasteiger partial charge in [0.1, 0.15) is 0 Å². The Morgan fingerprint density at radius 1 is 1.38 bits per heavy atom. The van der Waals surface area contributed by atoms with E-state index in [1.54, 1.807) is 6.08 Å². The van der Waals surface area contributed by atoms with E-state index < -0.39 is 0 Å². The number of hydrogen-bond acceptors (Lipinski definition) is 0. The molecule has 0 N–H and O–H groups in total. The normalized spacial score (nSPS) is 10.2. The molecule has 0 aromatic heterocycles. The Morgan fingerprint density at radius 3 is 2.77 bits per heavy atom. The fourth-order valence-electron chi connectivity index (χ4n) is 0.969. The summed E-state index contributed by atoms with van der Waals surface area (Å²) in [6.45, 7) is 7.55. The molecule has 0 bridgehead atoms. The van der Waals surface area contributed by atoms with Gasteiger partial charge in [-0.3, -0.25) is 0 Å². The molecule has 0 aliphatic heterocycles. The van der Waals surface area contributed by atoms with Crippen LogP contribution in [0.2, 0.25) is 0 Å². The molecule has 0 nitrogen and oxygen atoms in total. The van der Waals surface area contributed by atoms with Crippen molar-refractivity contribution in [1.82, 2.24) is 0 Å². The smallest absolute Gasteiger partial charge is 0.0181 e.